The molecule has 12 nitrogen and oxygen atoms in total. The molecule has 0 spiro atoms. The third kappa shape index (κ3) is 1800. The average molecular weight is 384 g/mol. The van der Waals surface area contributed by atoms with Crippen LogP contribution in [-0.4, -0.2) is 96.0 Å². The summed E-state index contributed by atoms with van der Waals surface area (Å²) < 4.78 is 0. The maximum atomic E-state index is 9.00. The van der Waals surface area contributed by atoms with E-state index in [9.17, 15) is 0 Å². The molecular weight excluding hydrogens is 359 g/mol. The summed E-state index contributed by atoms with van der Waals surface area (Å²) in [4.78, 5) is 54.0. The molecule has 0 saturated carbocycles. The van der Waals surface area contributed by atoms with Crippen LogP contribution in [0, 0.1) is 0 Å². The third-order valence-electron chi connectivity index (χ3n) is 0. The molecule has 13 heteroatoms. The molecule has 0 saturated heterocycles. The minimum absolute atomic E-state index is 0. The predicted molar refractivity (Wildman–Crippen MR) is 87.0 cm³/mol. The van der Waals surface area contributed by atoms with Crippen LogP contribution >= 0.6 is 0 Å². The number of carbonyl (C=O) groups is 6. The predicted octanol–water partition coefficient (Wildman–Crippen LogP) is -0.103. The van der Waals surface area contributed by atoms with Crippen molar-refractivity contribution in [2.75, 3.05) is 0 Å². The molecule has 0 bridgehead atoms. The molecule has 146 valence electrons. The number of aliphatic carboxylic acids is 6. The van der Waals surface area contributed by atoms with Gasteiger partial charge < -0.3 is 30.6 Å². The summed E-state index contributed by atoms with van der Waals surface area (Å²) in [5.41, 5.74) is 0. The Labute approximate surface area is 166 Å². The van der Waals surface area contributed by atoms with Crippen LogP contribution in [0.5, 0.6) is 0 Å². The fraction of sp³-hybridized carbons (Fsp3) is 0.500. The van der Waals surface area contributed by atoms with Gasteiger partial charge in [0.15, 0.2) is 0 Å². The second kappa shape index (κ2) is 37.8. The molecule has 0 amide bonds. The summed E-state index contributed by atoms with van der Waals surface area (Å²) in [6.45, 7) is 6.50. The molecule has 0 aromatic rings. The van der Waals surface area contributed by atoms with Crippen LogP contribution in [-0.2, 0) is 28.8 Å². The average Bonchev–Trinajstić information content (AvgIpc) is 2.08. The van der Waals surface area contributed by atoms with Crippen LogP contribution in [0.3, 0.4) is 0 Å². The number of carboxylic acids is 6. The maximum absolute atomic E-state index is 9.00. The third-order valence-corrected chi connectivity index (χ3v) is 0. The summed E-state index contributed by atoms with van der Waals surface area (Å²) in [5, 5.41) is 44.5. The van der Waals surface area contributed by atoms with Crippen molar-refractivity contribution in [3.63, 3.8) is 0 Å². The van der Waals surface area contributed by atoms with E-state index >= 15 is 0 Å². The quantitative estimate of drug-likeness (QED) is 0.301. The minimum atomic E-state index is -0.833. The van der Waals surface area contributed by atoms with Crippen molar-refractivity contribution in [1.82, 2.24) is 0 Å². The Kier molecular flexibility index (Phi) is 65.6. The topological polar surface area (TPSA) is 224 Å². The van der Waals surface area contributed by atoms with E-state index < -0.39 is 35.8 Å². The number of rotatable bonds is 0. The number of hydrogen-bond acceptors (Lipinski definition) is 6. The zero-order chi connectivity index (χ0) is 21.5. The van der Waals surface area contributed by atoms with E-state index in [1.165, 1.54) is 0 Å². The number of carboxylic acid groups (broad SMARTS) is 6. The Balaban J connectivity index is -0.0000000309. The first-order valence-corrected chi connectivity index (χ1v) is 5.57. The molecule has 0 aromatic heterocycles. The van der Waals surface area contributed by atoms with Gasteiger partial charge in [-0.3, -0.25) is 28.8 Å². The van der Waals surface area contributed by atoms with Crippen molar-refractivity contribution in [2.45, 2.75) is 41.5 Å². The zero-order valence-corrected chi connectivity index (χ0v) is 14.1. The van der Waals surface area contributed by atoms with Crippen molar-refractivity contribution in [1.29, 1.82) is 0 Å². The first-order valence-electron chi connectivity index (χ1n) is 5.57. The van der Waals surface area contributed by atoms with Crippen molar-refractivity contribution in [3.05, 3.63) is 0 Å². The molecule has 0 radical (unpaired) electrons. The van der Waals surface area contributed by atoms with E-state index in [-0.39, 0.29) is 29.6 Å². The summed E-state index contributed by atoms with van der Waals surface area (Å²) in [6.07, 6.45) is 0. The molecule has 0 unspecified atom stereocenters. The van der Waals surface area contributed by atoms with Gasteiger partial charge >= 0.3 is 29.6 Å². The van der Waals surface area contributed by atoms with Crippen LogP contribution in [0.15, 0.2) is 0 Å². The van der Waals surface area contributed by atoms with Gasteiger partial charge in [0.1, 0.15) is 0 Å². The van der Waals surface area contributed by atoms with Gasteiger partial charge in [0.2, 0.25) is 0 Å². The first kappa shape index (κ1) is 43.4. The van der Waals surface area contributed by atoms with E-state index in [4.69, 9.17) is 59.4 Å². The van der Waals surface area contributed by atoms with Crippen LogP contribution in [0.4, 0.5) is 0 Å². The van der Waals surface area contributed by atoms with Crippen molar-refractivity contribution >= 4 is 65.4 Å². The van der Waals surface area contributed by atoms with Crippen LogP contribution in [0.1, 0.15) is 41.5 Å². The summed E-state index contributed by atoms with van der Waals surface area (Å²) in [6, 6.07) is 0. The molecule has 0 fully saturated rings. The Morgan fingerprint density at radius 2 is 0.360 bits per heavy atom. The Morgan fingerprint density at radius 3 is 0.360 bits per heavy atom. The molecule has 0 aliphatic heterocycles. The normalized spacial score (nSPS) is 6.00. The van der Waals surface area contributed by atoms with E-state index in [0.29, 0.717) is 0 Å². The van der Waals surface area contributed by atoms with Crippen LogP contribution in [0.2, 0.25) is 0 Å². The Morgan fingerprint density at radius 1 is 0.360 bits per heavy atom. The van der Waals surface area contributed by atoms with Gasteiger partial charge in [-0.05, 0) is 0 Å². The second-order valence-electron chi connectivity index (χ2n) is 3.11. The number of hydrogen-bond donors (Lipinski definition) is 6. The summed E-state index contributed by atoms with van der Waals surface area (Å²) in [7, 11) is 0. The fourth-order valence-corrected chi connectivity index (χ4v) is 0. The molecule has 25 heavy (non-hydrogen) atoms. The van der Waals surface area contributed by atoms with E-state index in [2.05, 4.69) is 0 Å². The van der Waals surface area contributed by atoms with Crippen LogP contribution < -0.4 is 0 Å². The van der Waals surface area contributed by atoms with Gasteiger partial charge in [-0.2, -0.15) is 0 Å². The van der Waals surface area contributed by atoms with E-state index in [1.807, 2.05) is 0 Å². The van der Waals surface area contributed by atoms with Gasteiger partial charge in [0, 0.05) is 41.5 Å². The molecule has 0 heterocycles. The summed E-state index contributed by atoms with van der Waals surface area (Å²) >= 11 is 0. The molecule has 0 aliphatic rings. The zero-order valence-electron chi connectivity index (χ0n) is 14.1. The molecule has 0 aromatic carbocycles. The van der Waals surface area contributed by atoms with Gasteiger partial charge in [-0.15, -0.1) is 0 Å². The van der Waals surface area contributed by atoms with Gasteiger partial charge in [-0.1, -0.05) is 0 Å². The molecule has 0 rings (SSSR count). The fourth-order valence-electron chi connectivity index (χ4n) is 0. The van der Waals surface area contributed by atoms with Crippen molar-refractivity contribution < 1.29 is 59.4 Å². The molecular formula is C12H25NaO12. The summed E-state index contributed by atoms with van der Waals surface area (Å²) in [5.74, 6) is -5.00. The van der Waals surface area contributed by atoms with E-state index in [1.54, 1.807) is 0 Å². The standard InChI is InChI=1S/6C2H4O2.Na.H/c6*1-2(3)4;;/h6*1H3,(H,3,4);;. The van der Waals surface area contributed by atoms with Gasteiger partial charge in [-0.25, -0.2) is 0 Å². The Hall–Kier alpha value is -2.18. The van der Waals surface area contributed by atoms with Crippen LogP contribution in [0.25, 0.3) is 0 Å². The first-order chi connectivity index (χ1) is 10.4. The molecule has 0 aliphatic carbocycles. The monoisotopic (exact) mass is 384 g/mol. The SMILES string of the molecule is CC(=O)O.CC(=O)O.CC(=O)O.CC(=O)O.CC(=O)O.CC(=O)O.[NaH]. The van der Waals surface area contributed by atoms with Crippen molar-refractivity contribution in [2.24, 2.45) is 0 Å². The van der Waals surface area contributed by atoms with Crippen molar-refractivity contribution in [3.8, 4) is 0 Å². The Bertz CT molecular complexity index is 261. The van der Waals surface area contributed by atoms with E-state index in [0.717, 1.165) is 41.5 Å². The van der Waals surface area contributed by atoms with Gasteiger partial charge in [0.05, 0.1) is 0 Å². The molecule has 0 atom stereocenters. The second-order valence-corrected chi connectivity index (χ2v) is 3.11. The van der Waals surface area contributed by atoms with Gasteiger partial charge in [0.25, 0.3) is 35.8 Å². The molecule has 6 N–H and O–H groups in total.